The summed E-state index contributed by atoms with van der Waals surface area (Å²) in [5, 5.41) is 2.93. The second-order valence-electron chi connectivity index (χ2n) is 8.48. The maximum Gasteiger partial charge on any atom is 0.255 e. The quantitative estimate of drug-likeness (QED) is 0.733. The van der Waals surface area contributed by atoms with Gasteiger partial charge in [-0.25, -0.2) is 8.42 Å². The van der Waals surface area contributed by atoms with E-state index in [1.807, 2.05) is 18.2 Å². The van der Waals surface area contributed by atoms with Crippen molar-refractivity contribution in [2.75, 3.05) is 31.5 Å². The largest absolute Gasteiger partial charge is 0.322 e. The number of hydrogen-bond donors (Lipinski definition) is 1. The Labute approximate surface area is 185 Å². The fourth-order valence-electron chi connectivity index (χ4n) is 4.38. The summed E-state index contributed by atoms with van der Waals surface area (Å²) < 4.78 is 27.4. The number of sulfonamides is 1. The number of amides is 1. The van der Waals surface area contributed by atoms with Crippen LogP contribution in [0.5, 0.6) is 0 Å². The fourth-order valence-corrected chi connectivity index (χ4v) is 5.94. The van der Waals surface area contributed by atoms with Crippen LogP contribution in [0.2, 0.25) is 0 Å². The van der Waals surface area contributed by atoms with Crippen molar-refractivity contribution in [2.45, 2.75) is 50.0 Å². The van der Waals surface area contributed by atoms with Crippen LogP contribution in [0.3, 0.4) is 0 Å². The first-order valence-corrected chi connectivity index (χ1v) is 12.7. The van der Waals surface area contributed by atoms with Gasteiger partial charge in [0, 0.05) is 30.9 Å². The van der Waals surface area contributed by atoms with Crippen LogP contribution >= 0.6 is 0 Å². The Morgan fingerprint density at radius 2 is 1.52 bits per heavy atom. The molecule has 0 unspecified atom stereocenters. The molecule has 0 saturated carbocycles. The molecule has 2 fully saturated rings. The number of hydrogen-bond acceptors (Lipinski definition) is 4. The number of anilines is 1. The van der Waals surface area contributed by atoms with E-state index in [4.69, 9.17) is 0 Å². The molecule has 0 radical (unpaired) electrons. The summed E-state index contributed by atoms with van der Waals surface area (Å²) in [7, 11) is -3.57. The zero-order chi connectivity index (χ0) is 21.7. The van der Waals surface area contributed by atoms with Gasteiger partial charge in [-0.2, -0.15) is 4.31 Å². The molecule has 1 N–H and O–H groups in total. The van der Waals surface area contributed by atoms with Gasteiger partial charge in [-0.1, -0.05) is 31.0 Å². The SMILES string of the molecule is O=C(Nc1cccc(CN2CCCCC2)c1)c1cccc(S(=O)(=O)N2CCCCC2)c1. The van der Waals surface area contributed by atoms with Gasteiger partial charge < -0.3 is 5.32 Å². The Morgan fingerprint density at radius 3 is 2.26 bits per heavy atom. The molecule has 4 rings (SSSR count). The molecule has 2 aliphatic heterocycles. The van der Waals surface area contributed by atoms with Crippen LogP contribution in [0.25, 0.3) is 0 Å². The molecule has 1 amide bonds. The average molecular weight is 442 g/mol. The van der Waals surface area contributed by atoms with Gasteiger partial charge in [0.05, 0.1) is 4.90 Å². The van der Waals surface area contributed by atoms with Crippen molar-refractivity contribution < 1.29 is 13.2 Å². The second-order valence-corrected chi connectivity index (χ2v) is 10.4. The third-order valence-corrected chi connectivity index (χ3v) is 7.98. The Balaban J connectivity index is 1.45. The lowest BCUT2D eigenvalue weighted by Crippen LogP contribution is -2.35. The van der Waals surface area contributed by atoms with Gasteiger partial charge in [-0.3, -0.25) is 9.69 Å². The smallest absolute Gasteiger partial charge is 0.255 e. The van der Waals surface area contributed by atoms with Crippen molar-refractivity contribution in [1.82, 2.24) is 9.21 Å². The number of piperidine rings is 2. The standard InChI is InChI=1S/C24H31N3O3S/c28-24(25-22-11-7-9-20(17-22)19-26-13-3-1-4-14-26)21-10-8-12-23(18-21)31(29,30)27-15-5-2-6-16-27/h7-12,17-18H,1-6,13-16,19H2,(H,25,28). The molecule has 31 heavy (non-hydrogen) atoms. The molecule has 2 aromatic carbocycles. The van der Waals surface area contributed by atoms with E-state index in [-0.39, 0.29) is 10.8 Å². The zero-order valence-corrected chi connectivity index (χ0v) is 18.7. The van der Waals surface area contributed by atoms with Crippen LogP contribution in [0, 0.1) is 0 Å². The number of rotatable bonds is 6. The molecular formula is C24H31N3O3S. The first-order chi connectivity index (χ1) is 15.0. The molecule has 6 nitrogen and oxygen atoms in total. The normalized spacial score (nSPS) is 18.6. The summed E-state index contributed by atoms with van der Waals surface area (Å²) in [5.74, 6) is -0.300. The predicted octanol–water partition coefficient (Wildman–Crippen LogP) is 4.10. The minimum absolute atomic E-state index is 0.181. The summed E-state index contributed by atoms with van der Waals surface area (Å²) in [6.07, 6.45) is 6.62. The molecule has 166 valence electrons. The Hall–Kier alpha value is -2.22. The van der Waals surface area contributed by atoms with Crippen LogP contribution in [0.1, 0.15) is 54.4 Å². The molecule has 2 aromatic rings. The van der Waals surface area contributed by atoms with E-state index in [1.54, 1.807) is 18.2 Å². The number of benzene rings is 2. The van der Waals surface area contributed by atoms with E-state index >= 15 is 0 Å². The van der Waals surface area contributed by atoms with Crippen molar-refractivity contribution >= 4 is 21.6 Å². The molecule has 0 aromatic heterocycles. The van der Waals surface area contributed by atoms with Crippen molar-refractivity contribution in [3.05, 3.63) is 59.7 Å². The third-order valence-electron chi connectivity index (χ3n) is 6.09. The maximum atomic E-state index is 12.9. The third kappa shape index (κ3) is 5.53. The van der Waals surface area contributed by atoms with Crippen molar-refractivity contribution in [1.29, 1.82) is 0 Å². The van der Waals surface area contributed by atoms with Crippen LogP contribution < -0.4 is 5.32 Å². The number of nitrogens with one attached hydrogen (secondary N) is 1. The number of likely N-dealkylation sites (tertiary alicyclic amines) is 1. The number of nitrogens with zero attached hydrogens (tertiary/aromatic N) is 2. The lowest BCUT2D eigenvalue weighted by molar-refractivity contribution is 0.102. The first-order valence-electron chi connectivity index (χ1n) is 11.3. The predicted molar refractivity (Wildman–Crippen MR) is 123 cm³/mol. The van der Waals surface area contributed by atoms with Gasteiger partial charge in [-0.15, -0.1) is 0 Å². The Kier molecular flexibility index (Phi) is 7.05. The molecule has 0 aliphatic carbocycles. The van der Waals surface area contributed by atoms with Crippen molar-refractivity contribution in [3.63, 3.8) is 0 Å². The van der Waals surface area contributed by atoms with Gasteiger partial charge >= 0.3 is 0 Å². The monoisotopic (exact) mass is 441 g/mol. The molecule has 0 spiro atoms. The van der Waals surface area contributed by atoms with Gasteiger partial charge in [-0.05, 0) is 74.7 Å². The van der Waals surface area contributed by atoms with E-state index in [0.29, 0.717) is 18.7 Å². The van der Waals surface area contributed by atoms with Crippen LogP contribution in [-0.4, -0.2) is 49.7 Å². The van der Waals surface area contributed by atoms with E-state index in [1.165, 1.54) is 35.2 Å². The summed E-state index contributed by atoms with van der Waals surface area (Å²) in [5.41, 5.74) is 2.24. The van der Waals surface area contributed by atoms with Crippen molar-refractivity contribution in [2.24, 2.45) is 0 Å². The average Bonchev–Trinajstić information content (AvgIpc) is 2.81. The molecule has 2 aliphatic rings. The maximum absolute atomic E-state index is 12.9. The molecule has 7 heteroatoms. The topological polar surface area (TPSA) is 69.7 Å². The van der Waals surface area contributed by atoms with E-state index in [2.05, 4.69) is 16.3 Å². The minimum Gasteiger partial charge on any atom is -0.322 e. The highest BCUT2D eigenvalue weighted by atomic mass is 32.2. The molecular weight excluding hydrogens is 410 g/mol. The first kappa shape index (κ1) is 22.0. The molecule has 2 heterocycles. The minimum atomic E-state index is -3.57. The molecule has 0 atom stereocenters. The lowest BCUT2D eigenvalue weighted by Gasteiger charge is -2.26. The van der Waals surface area contributed by atoms with Gasteiger partial charge in [0.15, 0.2) is 0 Å². The van der Waals surface area contributed by atoms with Gasteiger partial charge in [0.2, 0.25) is 10.0 Å². The highest BCUT2D eigenvalue weighted by molar-refractivity contribution is 7.89. The summed E-state index contributed by atoms with van der Waals surface area (Å²) >= 11 is 0. The van der Waals surface area contributed by atoms with Crippen LogP contribution in [0.4, 0.5) is 5.69 Å². The van der Waals surface area contributed by atoms with Crippen LogP contribution in [0.15, 0.2) is 53.4 Å². The zero-order valence-electron chi connectivity index (χ0n) is 17.9. The molecule has 2 saturated heterocycles. The van der Waals surface area contributed by atoms with E-state index in [9.17, 15) is 13.2 Å². The summed E-state index contributed by atoms with van der Waals surface area (Å²) in [6.45, 7) is 4.21. The van der Waals surface area contributed by atoms with E-state index in [0.717, 1.165) is 44.6 Å². The Morgan fingerprint density at radius 1 is 0.839 bits per heavy atom. The highest BCUT2D eigenvalue weighted by Crippen LogP contribution is 2.22. The summed E-state index contributed by atoms with van der Waals surface area (Å²) in [6, 6.07) is 14.2. The second kappa shape index (κ2) is 9.94. The van der Waals surface area contributed by atoms with Crippen molar-refractivity contribution in [3.8, 4) is 0 Å². The summed E-state index contributed by atoms with van der Waals surface area (Å²) in [4.78, 5) is 15.5. The Bertz CT molecular complexity index is 1010. The van der Waals surface area contributed by atoms with E-state index < -0.39 is 10.0 Å². The number of carbonyl (C=O) groups excluding carboxylic acids is 1. The lowest BCUT2D eigenvalue weighted by atomic mass is 10.1. The molecule has 0 bridgehead atoms. The van der Waals surface area contributed by atoms with Gasteiger partial charge in [0.25, 0.3) is 5.91 Å². The number of carbonyl (C=O) groups is 1. The van der Waals surface area contributed by atoms with Gasteiger partial charge in [0.1, 0.15) is 0 Å². The fraction of sp³-hybridized carbons (Fsp3) is 0.458. The van der Waals surface area contributed by atoms with Crippen LogP contribution in [-0.2, 0) is 16.6 Å². The highest BCUT2D eigenvalue weighted by Gasteiger charge is 2.26.